The highest BCUT2D eigenvalue weighted by Gasteiger charge is 2.02. The molecule has 0 unspecified atom stereocenters. The second-order valence-corrected chi connectivity index (χ2v) is 11.2. The second kappa shape index (κ2) is 37.1. The fraction of sp³-hybridized carbons (Fsp3) is 0.912. The molecule has 0 amide bonds. The number of rotatable bonds is 30. The van der Waals surface area contributed by atoms with Crippen LogP contribution in [0.4, 0.5) is 0 Å². The number of aliphatic hydroxyl groups is 2. The molecule has 39 heavy (non-hydrogen) atoms. The molecule has 0 atom stereocenters. The first kappa shape index (κ1) is 40.2. The summed E-state index contributed by atoms with van der Waals surface area (Å²) in [6, 6.07) is 0. The average molecular weight is 556 g/mol. The first-order valence-corrected chi connectivity index (χ1v) is 16.9. The molecule has 0 aliphatic heterocycles. The van der Waals surface area contributed by atoms with Gasteiger partial charge in [-0.2, -0.15) is 0 Å². The van der Waals surface area contributed by atoms with Crippen LogP contribution in [-0.2, 0) is 4.79 Å². The van der Waals surface area contributed by atoms with E-state index in [-0.39, 0.29) is 13.2 Å². The van der Waals surface area contributed by atoms with Crippen molar-refractivity contribution in [3.63, 3.8) is 0 Å². The van der Waals surface area contributed by atoms with Gasteiger partial charge in [0.1, 0.15) is 0 Å². The van der Waals surface area contributed by atoms with E-state index in [1.165, 1.54) is 135 Å². The van der Waals surface area contributed by atoms with Crippen molar-refractivity contribution in [1.29, 1.82) is 0 Å². The number of carbonyl (C=O) groups is 1. The van der Waals surface area contributed by atoms with E-state index < -0.39 is 5.97 Å². The van der Waals surface area contributed by atoms with Crippen molar-refractivity contribution in [2.45, 2.75) is 168 Å². The van der Waals surface area contributed by atoms with Crippen LogP contribution >= 0.6 is 0 Å². The van der Waals surface area contributed by atoms with Crippen molar-refractivity contribution in [1.82, 2.24) is 4.90 Å². The Morgan fingerprint density at radius 1 is 0.513 bits per heavy atom. The zero-order valence-electron chi connectivity index (χ0n) is 26.4. The zero-order valence-corrected chi connectivity index (χ0v) is 26.4. The van der Waals surface area contributed by atoms with Crippen LogP contribution in [0.25, 0.3) is 0 Å². The Labute approximate surface area is 243 Å². The molecule has 0 aromatic carbocycles. The van der Waals surface area contributed by atoms with Crippen LogP contribution in [0, 0.1) is 0 Å². The molecule has 3 N–H and O–H groups in total. The first-order chi connectivity index (χ1) is 19.1. The van der Waals surface area contributed by atoms with Crippen molar-refractivity contribution in [2.24, 2.45) is 0 Å². The van der Waals surface area contributed by atoms with Gasteiger partial charge < -0.3 is 15.3 Å². The molecular formula is C34H69NO4. The third-order valence-corrected chi connectivity index (χ3v) is 7.31. The molecule has 5 nitrogen and oxygen atoms in total. The lowest BCUT2D eigenvalue weighted by Crippen LogP contribution is -2.30. The first-order valence-electron chi connectivity index (χ1n) is 16.9. The standard InChI is InChI=1S/C18H34O2.C16H35NO2/c1-2-3-4-5-6-7-8-9-10-11-12-13-14-15-16-17-18(19)20;1-2-3-4-5-6-7-8-9-10-11-12-17(13-15-18)14-16-19/h9-10H,2-8,11-17H2,1H3,(H,19,20);18-19H,2-16H2,1H3/b10-9-;. The third kappa shape index (κ3) is 39.3. The van der Waals surface area contributed by atoms with E-state index >= 15 is 0 Å². The molecule has 0 bridgehead atoms. The summed E-state index contributed by atoms with van der Waals surface area (Å²) in [4.78, 5) is 12.5. The van der Waals surface area contributed by atoms with Crippen LogP contribution in [0.2, 0.25) is 0 Å². The molecule has 0 aromatic rings. The molecule has 0 rings (SSSR count). The smallest absolute Gasteiger partial charge is 0.303 e. The highest BCUT2D eigenvalue weighted by Crippen LogP contribution is 2.11. The van der Waals surface area contributed by atoms with Gasteiger partial charge in [-0.15, -0.1) is 0 Å². The SMILES string of the molecule is CCCCCCCC/C=C\CCCCCCCC(=O)O.CCCCCCCCCCCCN(CCO)CCO. The summed E-state index contributed by atoms with van der Waals surface area (Å²) in [5.74, 6) is -0.664. The number of carboxylic acids is 1. The lowest BCUT2D eigenvalue weighted by atomic mass is 10.1. The Hall–Kier alpha value is -0.910. The highest BCUT2D eigenvalue weighted by molar-refractivity contribution is 5.66. The molecule has 0 saturated heterocycles. The summed E-state index contributed by atoms with van der Waals surface area (Å²) in [6.45, 7) is 7.30. The number of aliphatic carboxylic acids is 1. The van der Waals surface area contributed by atoms with Gasteiger partial charge in [-0.1, -0.05) is 135 Å². The monoisotopic (exact) mass is 556 g/mol. The molecule has 0 radical (unpaired) electrons. The van der Waals surface area contributed by atoms with E-state index in [0.29, 0.717) is 19.5 Å². The van der Waals surface area contributed by atoms with Crippen LogP contribution in [0.5, 0.6) is 0 Å². The van der Waals surface area contributed by atoms with Crippen LogP contribution in [0.1, 0.15) is 168 Å². The fourth-order valence-corrected chi connectivity index (χ4v) is 4.79. The van der Waals surface area contributed by atoms with Gasteiger partial charge in [0.05, 0.1) is 13.2 Å². The van der Waals surface area contributed by atoms with Crippen molar-refractivity contribution < 1.29 is 20.1 Å². The Morgan fingerprint density at radius 3 is 1.26 bits per heavy atom. The molecule has 0 aliphatic carbocycles. The second-order valence-electron chi connectivity index (χ2n) is 11.2. The minimum Gasteiger partial charge on any atom is -0.481 e. The summed E-state index contributed by atoms with van der Waals surface area (Å²) in [5, 5.41) is 26.3. The minimum atomic E-state index is -0.664. The maximum absolute atomic E-state index is 10.3. The van der Waals surface area contributed by atoms with Gasteiger partial charge in [-0.25, -0.2) is 0 Å². The summed E-state index contributed by atoms with van der Waals surface area (Å²) >= 11 is 0. The number of unbranched alkanes of at least 4 members (excludes halogenated alkanes) is 20. The lowest BCUT2D eigenvalue weighted by molar-refractivity contribution is -0.137. The fourth-order valence-electron chi connectivity index (χ4n) is 4.79. The highest BCUT2D eigenvalue weighted by atomic mass is 16.4. The van der Waals surface area contributed by atoms with Gasteiger partial charge in [-0.3, -0.25) is 9.69 Å². The summed E-state index contributed by atoms with van der Waals surface area (Å²) in [5.41, 5.74) is 0. The third-order valence-electron chi connectivity index (χ3n) is 7.31. The molecule has 0 fully saturated rings. The molecule has 0 aliphatic rings. The van der Waals surface area contributed by atoms with E-state index in [9.17, 15) is 4.79 Å². The number of allylic oxidation sites excluding steroid dienone is 2. The van der Waals surface area contributed by atoms with Gasteiger partial charge in [-0.05, 0) is 45.1 Å². The van der Waals surface area contributed by atoms with Gasteiger partial charge in [0.25, 0.3) is 0 Å². The molecular weight excluding hydrogens is 486 g/mol. The van der Waals surface area contributed by atoms with E-state index in [2.05, 4.69) is 30.9 Å². The number of aliphatic hydroxyl groups excluding tert-OH is 2. The Bertz CT molecular complexity index is 478. The topological polar surface area (TPSA) is 81.0 Å². The van der Waals surface area contributed by atoms with Crippen molar-refractivity contribution in [2.75, 3.05) is 32.8 Å². The largest absolute Gasteiger partial charge is 0.481 e. The maximum Gasteiger partial charge on any atom is 0.303 e. The normalized spacial score (nSPS) is 11.3. The summed E-state index contributed by atoms with van der Waals surface area (Å²) in [7, 11) is 0. The molecule has 0 aromatic heterocycles. The van der Waals surface area contributed by atoms with Gasteiger partial charge in [0.15, 0.2) is 0 Å². The van der Waals surface area contributed by atoms with Crippen molar-refractivity contribution in [3.8, 4) is 0 Å². The predicted molar refractivity (Wildman–Crippen MR) is 170 cm³/mol. The average Bonchev–Trinajstić information content (AvgIpc) is 2.92. The molecule has 0 spiro atoms. The van der Waals surface area contributed by atoms with Crippen LogP contribution in [0.15, 0.2) is 12.2 Å². The summed E-state index contributed by atoms with van der Waals surface area (Å²) < 4.78 is 0. The van der Waals surface area contributed by atoms with Crippen molar-refractivity contribution in [3.05, 3.63) is 12.2 Å². The van der Waals surface area contributed by atoms with Crippen molar-refractivity contribution >= 4 is 5.97 Å². The van der Waals surface area contributed by atoms with Gasteiger partial charge >= 0.3 is 5.97 Å². The Balaban J connectivity index is 0. The summed E-state index contributed by atoms with van der Waals surface area (Å²) in [6.07, 6.45) is 34.8. The quantitative estimate of drug-likeness (QED) is 0.0607. The number of hydrogen-bond acceptors (Lipinski definition) is 4. The Morgan fingerprint density at radius 2 is 0.872 bits per heavy atom. The van der Waals surface area contributed by atoms with E-state index in [1.54, 1.807) is 0 Å². The van der Waals surface area contributed by atoms with Gasteiger partial charge in [0.2, 0.25) is 0 Å². The molecule has 5 heteroatoms. The van der Waals surface area contributed by atoms with Crippen LogP contribution in [-0.4, -0.2) is 59.0 Å². The Kier molecular flexibility index (Phi) is 38.3. The van der Waals surface area contributed by atoms with E-state index in [4.69, 9.17) is 15.3 Å². The van der Waals surface area contributed by atoms with Crippen LogP contribution in [0.3, 0.4) is 0 Å². The lowest BCUT2D eigenvalue weighted by Gasteiger charge is -2.19. The maximum atomic E-state index is 10.3. The van der Waals surface area contributed by atoms with E-state index in [1.807, 2.05) is 0 Å². The molecule has 234 valence electrons. The molecule has 0 heterocycles. The van der Waals surface area contributed by atoms with E-state index in [0.717, 1.165) is 19.4 Å². The van der Waals surface area contributed by atoms with Gasteiger partial charge in [0, 0.05) is 19.5 Å². The predicted octanol–water partition coefficient (Wildman–Crippen LogP) is 9.30. The number of hydrogen-bond donors (Lipinski definition) is 3. The van der Waals surface area contributed by atoms with Crippen LogP contribution < -0.4 is 0 Å². The molecule has 0 saturated carbocycles. The number of nitrogens with zero attached hydrogens (tertiary/aromatic N) is 1. The minimum absolute atomic E-state index is 0.192. The number of carboxylic acid groups (broad SMARTS) is 1. The zero-order chi connectivity index (χ0) is 29.1.